The van der Waals surface area contributed by atoms with E-state index in [0.29, 0.717) is 0 Å². The largest absolute Gasteiger partial charge is 0.298 e. The van der Waals surface area contributed by atoms with Crippen molar-refractivity contribution >= 4 is 27.6 Å². The van der Waals surface area contributed by atoms with Crippen LogP contribution in [-0.2, 0) is 17.9 Å². The third-order valence-corrected chi connectivity index (χ3v) is 7.64. The molecule has 2 bridgehead atoms. The van der Waals surface area contributed by atoms with Crippen LogP contribution in [0.5, 0.6) is 0 Å². The van der Waals surface area contributed by atoms with Gasteiger partial charge in [0, 0.05) is 16.4 Å². The Bertz CT molecular complexity index is 1310. The fourth-order valence-corrected chi connectivity index (χ4v) is 5.12. The predicted octanol–water partition coefficient (Wildman–Crippen LogP) is 5.22. The van der Waals surface area contributed by atoms with Crippen molar-refractivity contribution in [3.8, 4) is 0 Å². The molecule has 0 spiro atoms. The first kappa shape index (κ1) is 18.5. The van der Waals surface area contributed by atoms with Gasteiger partial charge in [-0.1, -0.05) is 39.8 Å². The van der Waals surface area contributed by atoms with E-state index in [1.807, 2.05) is 0 Å². The standard InChI is InChI=1S/C25H31N4/c1-8-25(6)14-13-24(4,5)23-26-20-15(2)16(3)29-18-12-10-9-11-17(18)28(7)22(29)19(20)21(25)27-23/h9-12H,8,13-14H2,1-7H3/q+1. The van der Waals surface area contributed by atoms with Gasteiger partial charge in [-0.25, -0.2) is 14.5 Å². The van der Waals surface area contributed by atoms with Crippen molar-refractivity contribution < 1.29 is 4.57 Å². The summed E-state index contributed by atoms with van der Waals surface area (Å²) in [5.41, 5.74) is 8.63. The average molecular weight is 388 g/mol. The van der Waals surface area contributed by atoms with E-state index in [1.54, 1.807) is 0 Å². The van der Waals surface area contributed by atoms with Crippen LogP contribution in [0.1, 0.15) is 69.7 Å². The van der Waals surface area contributed by atoms with Gasteiger partial charge in [-0.05, 0) is 45.2 Å². The predicted molar refractivity (Wildman–Crippen MR) is 119 cm³/mol. The Labute approximate surface area is 172 Å². The Morgan fingerprint density at radius 3 is 2.52 bits per heavy atom. The van der Waals surface area contributed by atoms with Crippen LogP contribution in [0, 0.1) is 13.8 Å². The van der Waals surface area contributed by atoms with Crippen molar-refractivity contribution in [2.75, 3.05) is 0 Å². The number of hydrogen-bond acceptors (Lipinski definition) is 2. The Kier molecular flexibility index (Phi) is 3.69. The summed E-state index contributed by atoms with van der Waals surface area (Å²) in [5.74, 6) is 1.00. The second-order valence-electron chi connectivity index (χ2n) is 9.83. The third kappa shape index (κ3) is 2.29. The number of fused-ring (bicyclic) bond motifs is 8. The molecule has 0 radical (unpaired) electrons. The molecule has 0 saturated heterocycles. The highest BCUT2D eigenvalue weighted by Crippen LogP contribution is 2.44. The minimum absolute atomic E-state index is 0.00274. The molecule has 4 heterocycles. The number of rotatable bonds is 1. The zero-order valence-electron chi connectivity index (χ0n) is 18.7. The van der Waals surface area contributed by atoms with Gasteiger partial charge in [-0.15, -0.1) is 0 Å². The van der Waals surface area contributed by atoms with Gasteiger partial charge in [0.05, 0.1) is 18.3 Å². The van der Waals surface area contributed by atoms with Gasteiger partial charge < -0.3 is 0 Å². The van der Waals surface area contributed by atoms with Crippen molar-refractivity contribution in [3.05, 3.63) is 47.0 Å². The van der Waals surface area contributed by atoms with Gasteiger partial charge in [0.2, 0.25) is 0 Å². The van der Waals surface area contributed by atoms with Crippen molar-refractivity contribution in [1.29, 1.82) is 0 Å². The zero-order valence-corrected chi connectivity index (χ0v) is 18.7. The van der Waals surface area contributed by atoms with Gasteiger partial charge in [0.15, 0.2) is 11.0 Å². The van der Waals surface area contributed by atoms with E-state index in [9.17, 15) is 0 Å². The molecule has 4 aromatic rings. The normalized spacial score (nSPS) is 21.2. The van der Waals surface area contributed by atoms with Crippen LogP contribution in [0.2, 0.25) is 0 Å². The second kappa shape index (κ2) is 5.78. The molecule has 4 nitrogen and oxygen atoms in total. The molecule has 1 unspecified atom stereocenters. The van der Waals surface area contributed by atoms with Crippen LogP contribution in [0.15, 0.2) is 24.3 Å². The van der Waals surface area contributed by atoms with E-state index in [1.165, 1.54) is 39.0 Å². The summed E-state index contributed by atoms with van der Waals surface area (Å²) in [6.45, 7) is 13.7. The second-order valence-corrected chi connectivity index (χ2v) is 9.83. The fourth-order valence-electron chi connectivity index (χ4n) is 5.12. The molecule has 0 saturated carbocycles. The maximum Gasteiger partial charge on any atom is 0.298 e. The van der Waals surface area contributed by atoms with E-state index in [2.05, 4.69) is 81.8 Å². The van der Waals surface area contributed by atoms with Crippen LogP contribution in [0.4, 0.5) is 0 Å². The van der Waals surface area contributed by atoms with Gasteiger partial charge in [-0.3, -0.25) is 0 Å². The van der Waals surface area contributed by atoms with E-state index >= 15 is 0 Å². The Morgan fingerprint density at radius 1 is 1.07 bits per heavy atom. The number of aryl methyl sites for hydroxylation is 3. The van der Waals surface area contributed by atoms with Crippen molar-refractivity contribution in [3.63, 3.8) is 0 Å². The number of pyridine rings is 1. The van der Waals surface area contributed by atoms with Crippen molar-refractivity contribution in [1.82, 2.24) is 14.4 Å². The summed E-state index contributed by atoms with van der Waals surface area (Å²) in [5, 5.41) is 1.23. The first-order chi connectivity index (χ1) is 13.7. The molecule has 29 heavy (non-hydrogen) atoms. The molecule has 1 aliphatic rings. The molecular weight excluding hydrogens is 356 g/mol. The number of nitrogens with zero attached hydrogens (tertiary/aromatic N) is 4. The number of aromatic nitrogens is 4. The number of para-hydroxylation sites is 2. The Hall–Kier alpha value is -2.49. The van der Waals surface area contributed by atoms with Crippen LogP contribution in [0.3, 0.4) is 0 Å². The van der Waals surface area contributed by atoms with Gasteiger partial charge in [0.25, 0.3) is 5.65 Å². The van der Waals surface area contributed by atoms with Crippen LogP contribution in [-0.4, -0.2) is 14.4 Å². The highest BCUT2D eigenvalue weighted by molar-refractivity contribution is 5.98. The molecule has 0 amide bonds. The first-order valence-corrected chi connectivity index (χ1v) is 10.8. The molecule has 0 fully saturated rings. The lowest BCUT2D eigenvalue weighted by atomic mass is 9.75. The summed E-state index contributed by atoms with van der Waals surface area (Å²) >= 11 is 0. The molecule has 1 atom stereocenters. The van der Waals surface area contributed by atoms with E-state index in [4.69, 9.17) is 9.97 Å². The maximum absolute atomic E-state index is 5.27. The van der Waals surface area contributed by atoms with E-state index in [-0.39, 0.29) is 10.8 Å². The lowest BCUT2D eigenvalue weighted by molar-refractivity contribution is -0.617. The van der Waals surface area contributed by atoms with Crippen molar-refractivity contribution in [2.45, 2.75) is 71.6 Å². The molecule has 1 aromatic carbocycles. The number of imidazole rings is 1. The first-order valence-electron chi connectivity index (χ1n) is 10.8. The van der Waals surface area contributed by atoms with Gasteiger partial charge in [0.1, 0.15) is 16.9 Å². The average Bonchev–Trinajstić information content (AvgIpc) is 2.98. The lowest BCUT2D eigenvalue weighted by Crippen LogP contribution is -2.30. The topological polar surface area (TPSA) is 34.1 Å². The summed E-state index contributed by atoms with van der Waals surface area (Å²) in [7, 11) is 2.18. The highest BCUT2D eigenvalue weighted by atomic mass is 15.1. The minimum atomic E-state index is -0.00274. The summed E-state index contributed by atoms with van der Waals surface area (Å²) in [4.78, 5) is 10.5. The summed E-state index contributed by atoms with van der Waals surface area (Å²) < 4.78 is 4.74. The highest BCUT2D eigenvalue weighted by Gasteiger charge is 2.40. The molecule has 4 heteroatoms. The van der Waals surface area contributed by atoms with E-state index < -0.39 is 0 Å². The molecule has 0 aliphatic carbocycles. The van der Waals surface area contributed by atoms with Crippen molar-refractivity contribution in [2.24, 2.45) is 7.05 Å². The lowest BCUT2D eigenvalue weighted by Gasteiger charge is -2.27. The number of benzene rings is 1. The Morgan fingerprint density at radius 2 is 1.79 bits per heavy atom. The minimum Gasteiger partial charge on any atom is -0.236 e. The molecular formula is C25H31N4+. The number of hydrogen-bond donors (Lipinski definition) is 0. The fraction of sp³-hybridized carbons (Fsp3) is 0.480. The summed E-state index contributed by atoms with van der Waals surface area (Å²) in [6, 6.07) is 8.67. The summed E-state index contributed by atoms with van der Waals surface area (Å²) in [6.07, 6.45) is 3.33. The molecule has 1 aliphatic heterocycles. The third-order valence-electron chi connectivity index (χ3n) is 7.64. The SMILES string of the molecule is CCC1(C)CCC(C)(C)c2nc1c1c(n2)c(C)c(C)n2c3ccccc3[n+](C)c12. The van der Waals surface area contributed by atoms with Crippen LogP contribution >= 0.6 is 0 Å². The molecule has 0 N–H and O–H groups in total. The molecule has 150 valence electrons. The van der Waals surface area contributed by atoms with Gasteiger partial charge >= 0.3 is 0 Å². The molecule has 3 aromatic heterocycles. The monoisotopic (exact) mass is 387 g/mol. The van der Waals surface area contributed by atoms with Crippen LogP contribution < -0.4 is 4.57 Å². The van der Waals surface area contributed by atoms with Crippen LogP contribution in [0.25, 0.3) is 27.6 Å². The Balaban J connectivity index is 2.11. The van der Waals surface area contributed by atoms with E-state index in [0.717, 1.165) is 30.6 Å². The zero-order chi connectivity index (χ0) is 20.7. The smallest absolute Gasteiger partial charge is 0.236 e. The molecule has 5 rings (SSSR count). The van der Waals surface area contributed by atoms with Gasteiger partial charge in [-0.2, -0.15) is 4.40 Å². The maximum atomic E-state index is 5.27. The quantitative estimate of drug-likeness (QED) is 0.420.